The molecule has 0 radical (unpaired) electrons. The molecule has 6 heteroatoms. The van der Waals surface area contributed by atoms with Crippen molar-refractivity contribution in [2.45, 2.75) is 13.3 Å². The molecule has 0 bridgehead atoms. The van der Waals surface area contributed by atoms with Gasteiger partial charge in [-0.1, -0.05) is 23.8 Å². The van der Waals surface area contributed by atoms with Crippen molar-refractivity contribution < 1.29 is 14.7 Å². The Balaban J connectivity index is 1.56. The van der Waals surface area contributed by atoms with E-state index in [0.29, 0.717) is 30.8 Å². The number of nitrogens with one attached hydrogen (secondary N) is 2. The van der Waals surface area contributed by atoms with Crippen molar-refractivity contribution in [2.75, 3.05) is 32.7 Å². The van der Waals surface area contributed by atoms with Crippen molar-refractivity contribution in [2.24, 2.45) is 0 Å². The molecule has 1 saturated heterocycles. The molecule has 1 aliphatic heterocycles. The fraction of sp³-hybridized carbons (Fsp3) is 0.333. The Bertz CT molecular complexity index is 835. The maximum Gasteiger partial charge on any atom is 0.251 e. The Morgan fingerprint density at radius 1 is 1.26 bits per heavy atom. The van der Waals surface area contributed by atoms with Crippen LogP contribution in [0, 0.1) is 6.92 Å². The number of phenolic OH excluding ortho intramolecular Hbond substituents is 1. The Morgan fingerprint density at radius 3 is 2.93 bits per heavy atom. The molecule has 2 aromatic carbocycles. The molecule has 2 amide bonds. The number of piperazine rings is 1. The maximum atomic E-state index is 12.4. The van der Waals surface area contributed by atoms with Crippen LogP contribution in [0.5, 0.6) is 5.75 Å². The Kier molecular flexibility index (Phi) is 6.08. The molecule has 3 N–H and O–H groups in total. The lowest BCUT2D eigenvalue weighted by atomic mass is 10.00. The van der Waals surface area contributed by atoms with Crippen molar-refractivity contribution in [3.8, 4) is 16.9 Å². The zero-order valence-electron chi connectivity index (χ0n) is 15.5. The lowest BCUT2D eigenvalue weighted by molar-refractivity contribution is -0.124. The smallest absolute Gasteiger partial charge is 0.251 e. The number of hydrogen-bond donors (Lipinski definition) is 3. The zero-order valence-corrected chi connectivity index (χ0v) is 15.5. The van der Waals surface area contributed by atoms with Gasteiger partial charge >= 0.3 is 0 Å². The van der Waals surface area contributed by atoms with Gasteiger partial charge in [0.15, 0.2) is 0 Å². The molecule has 1 fully saturated rings. The summed E-state index contributed by atoms with van der Waals surface area (Å²) in [5, 5.41) is 15.8. The number of amides is 2. The Hall–Kier alpha value is -2.86. The summed E-state index contributed by atoms with van der Waals surface area (Å²) in [6.07, 6.45) is 0.789. The van der Waals surface area contributed by atoms with E-state index < -0.39 is 0 Å². The van der Waals surface area contributed by atoms with Crippen LogP contribution >= 0.6 is 0 Å². The quantitative estimate of drug-likeness (QED) is 0.682. The molecule has 0 saturated carbocycles. The van der Waals surface area contributed by atoms with E-state index in [1.807, 2.05) is 31.2 Å². The number of aromatic hydroxyl groups is 1. The van der Waals surface area contributed by atoms with Gasteiger partial charge in [0.1, 0.15) is 5.75 Å². The number of aryl methyl sites for hydroxylation is 1. The van der Waals surface area contributed by atoms with Crippen molar-refractivity contribution in [3.05, 3.63) is 53.6 Å². The van der Waals surface area contributed by atoms with Crippen LogP contribution < -0.4 is 10.6 Å². The van der Waals surface area contributed by atoms with E-state index in [2.05, 4.69) is 15.5 Å². The van der Waals surface area contributed by atoms with Crippen LogP contribution in [0.15, 0.2) is 42.5 Å². The van der Waals surface area contributed by atoms with E-state index in [1.54, 1.807) is 18.2 Å². The summed E-state index contributed by atoms with van der Waals surface area (Å²) in [6.45, 7) is 5.26. The highest BCUT2D eigenvalue weighted by atomic mass is 16.3. The Morgan fingerprint density at radius 2 is 2.11 bits per heavy atom. The monoisotopic (exact) mass is 367 g/mol. The number of hydrogen-bond acceptors (Lipinski definition) is 4. The Labute approximate surface area is 159 Å². The SMILES string of the molecule is Cc1ccc(O)c(-c2cccc(C(=O)NCCCN3CCNC(=O)C3)c2)c1. The van der Waals surface area contributed by atoms with Gasteiger partial charge in [0.05, 0.1) is 6.54 Å². The summed E-state index contributed by atoms with van der Waals surface area (Å²) in [5.41, 5.74) is 3.13. The molecule has 0 atom stereocenters. The minimum atomic E-state index is -0.139. The van der Waals surface area contributed by atoms with Gasteiger partial charge in [-0.05, 0) is 43.2 Å². The van der Waals surface area contributed by atoms with Gasteiger partial charge in [-0.25, -0.2) is 0 Å². The first-order valence-corrected chi connectivity index (χ1v) is 9.20. The van der Waals surface area contributed by atoms with Gasteiger partial charge in [-0.2, -0.15) is 0 Å². The van der Waals surface area contributed by atoms with E-state index in [4.69, 9.17) is 0 Å². The predicted molar refractivity (Wildman–Crippen MR) is 105 cm³/mol. The lowest BCUT2D eigenvalue weighted by Gasteiger charge is -2.26. The van der Waals surface area contributed by atoms with Crippen LogP contribution in [-0.2, 0) is 4.79 Å². The van der Waals surface area contributed by atoms with E-state index in [1.165, 1.54) is 0 Å². The number of nitrogens with zero attached hydrogens (tertiary/aromatic N) is 1. The van der Waals surface area contributed by atoms with E-state index in [0.717, 1.165) is 30.6 Å². The summed E-state index contributed by atoms with van der Waals surface area (Å²) >= 11 is 0. The van der Waals surface area contributed by atoms with Crippen molar-refractivity contribution in [1.29, 1.82) is 0 Å². The fourth-order valence-corrected chi connectivity index (χ4v) is 3.20. The van der Waals surface area contributed by atoms with E-state index >= 15 is 0 Å². The van der Waals surface area contributed by atoms with Crippen LogP contribution in [0.25, 0.3) is 11.1 Å². The normalized spacial score (nSPS) is 14.6. The van der Waals surface area contributed by atoms with Crippen molar-refractivity contribution in [1.82, 2.24) is 15.5 Å². The molecule has 1 heterocycles. The highest BCUT2D eigenvalue weighted by Gasteiger charge is 2.15. The molecule has 0 aliphatic carbocycles. The summed E-state index contributed by atoms with van der Waals surface area (Å²) < 4.78 is 0. The minimum Gasteiger partial charge on any atom is -0.507 e. The highest BCUT2D eigenvalue weighted by molar-refractivity contribution is 5.95. The first-order valence-electron chi connectivity index (χ1n) is 9.20. The van der Waals surface area contributed by atoms with Crippen molar-refractivity contribution in [3.63, 3.8) is 0 Å². The standard InChI is InChI=1S/C21H25N3O3/c1-15-6-7-19(25)18(12-15)16-4-2-5-17(13-16)21(27)23-8-3-10-24-11-9-22-20(26)14-24/h2,4-7,12-13,25H,3,8-11,14H2,1H3,(H,22,26)(H,23,27). The third-order valence-corrected chi connectivity index (χ3v) is 4.64. The molecule has 0 spiro atoms. The van der Waals surface area contributed by atoms with Crippen LogP contribution in [0.3, 0.4) is 0 Å². The minimum absolute atomic E-state index is 0.0569. The third kappa shape index (κ3) is 5.08. The summed E-state index contributed by atoms with van der Waals surface area (Å²) in [7, 11) is 0. The molecular weight excluding hydrogens is 342 g/mol. The second-order valence-electron chi connectivity index (χ2n) is 6.84. The molecule has 142 valence electrons. The molecule has 2 aromatic rings. The second kappa shape index (κ2) is 8.68. The fourth-order valence-electron chi connectivity index (χ4n) is 3.20. The van der Waals surface area contributed by atoms with Gasteiger partial charge in [-0.3, -0.25) is 14.5 Å². The van der Waals surface area contributed by atoms with Gasteiger partial charge < -0.3 is 15.7 Å². The predicted octanol–water partition coefficient (Wildman–Crippen LogP) is 1.92. The third-order valence-electron chi connectivity index (χ3n) is 4.64. The number of rotatable bonds is 6. The van der Waals surface area contributed by atoms with Gasteiger partial charge in [0.25, 0.3) is 5.91 Å². The van der Waals surface area contributed by atoms with E-state index in [9.17, 15) is 14.7 Å². The molecule has 0 aromatic heterocycles. The maximum absolute atomic E-state index is 12.4. The van der Waals surface area contributed by atoms with Gasteiger partial charge in [0, 0.05) is 37.3 Å². The second-order valence-corrected chi connectivity index (χ2v) is 6.84. The average molecular weight is 367 g/mol. The molecule has 27 heavy (non-hydrogen) atoms. The molecular formula is C21H25N3O3. The number of phenols is 1. The summed E-state index contributed by atoms with van der Waals surface area (Å²) in [5.74, 6) is 0.116. The van der Waals surface area contributed by atoms with Crippen molar-refractivity contribution >= 4 is 11.8 Å². The lowest BCUT2D eigenvalue weighted by Crippen LogP contribution is -2.48. The number of benzene rings is 2. The number of carbonyl (C=O) groups is 2. The van der Waals surface area contributed by atoms with Gasteiger partial charge in [-0.15, -0.1) is 0 Å². The van der Waals surface area contributed by atoms with Crippen LogP contribution in [0.1, 0.15) is 22.3 Å². The largest absolute Gasteiger partial charge is 0.507 e. The summed E-state index contributed by atoms with van der Waals surface area (Å²) in [6, 6.07) is 12.7. The van der Waals surface area contributed by atoms with Crippen LogP contribution in [0.2, 0.25) is 0 Å². The summed E-state index contributed by atoms with van der Waals surface area (Å²) in [4.78, 5) is 25.9. The topological polar surface area (TPSA) is 81.7 Å². The molecule has 3 rings (SSSR count). The first kappa shape index (κ1) is 18.9. The van der Waals surface area contributed by atoms with Crippen LogP contribution in [-0.4, -0.2) is 54.5 Å². The highest BCUT2D eigenvalue weighted by Crippen LogP contribution is 2.30. The van der Waals surface area contributed by atoms with E-state index in [-0.39, 0.29) is 17.6 Å². The molecule has 6 nitrogen and oxygen atoms in total. The van der Waals surface area contributed by atoms with Crippen LogP contribution in [0.4, 0.5) is 0 Å². The van der Waals surface area contributed by atoms with Gasteiger partial charge in [0.2, 0.25) is 5.91 Å². The molecule has 0 unspecified atom stereocenters. The molecule has 1 aliphatic rings. The average Bonchev–Trinajstić information content (AvgIpc) is 2.67. The number of carbonyl (C=O) groups excluding carboxylic acids is 2. The first-order chi connectivity index (χ1) is 13.0. The zero-order chi connectivity index (χ0) is 19.2.